The van der Waals surface area contributed by atoms with Crippen LogP contribution in [0.4, 0.5) is 0 Å². The molecule has 0 N–H and O–H groups in total. The number of hydrogen-bond donors (Lipinski definition) is 0. The second-order valence-corrected chi connectivity index (χ2v) is 16.0. The van der Waals surface area contributed by atoms with Crippen molar-refractivity contribution >= 4 is 44.9 Å². The van der Waals surface area contributed by atoms with Gasteiger partial charge in [0.25, 0.3) is 6.71 Å². The number of benzene rings is 9. The second-order valence-electron chi connectivity index (χ2n) is 16.0. The van der Waals surface area contributed by atoms with Crippen molar-refractivity contribution in [3.8, 4) is 84.3 Å². The lowest BCUT2D eigenvalue weighted by Gasteiger charge is -2.33. The number of ether oxygens (including phenoxy) is 2. The van der Waals surface area contributed by atoms with E-state index in [4.69, 9.17) is 9.47 Å². The van der Waals surface area contributed by atoms with Crippen LogP contribution in [-0.2, 0) is 0 Å². The molecule has 274 valence electrons. The van der Waals surface area contributed by atoms with Gasteiger partial charge in [-0.25, -0.2) is 0 Å². The summed E-state index contributed by atoms with van der Waals surface area (Å²) >= 11 is 0. The third-order valence-corrected chi connectivity index (χ3v) is 12.8. The Morgan fingerprint density at radius 3 is 1.44 bits per heavy atom. The van der Waals surface area contributed by atoms with Gasteiger partial charge in [-0.3, -0.25) is 0 Å². The van der Waals surface area contributed by atoms with E-state index in [0.29, 0.717) is 0 Å². The van der Waals surface area contributed by atoms with Crippen molar-refractivity contribution in [2.24, 2.45) is 0 Å². The molecular weight excluding hydrogens is 717 g/mol. The minimum Gasteiger partial charge on any atom is -0.458 e. The zero-order valence-electron chi connectivity index (χ0n) is 32.2. The van der Waals surface area contributed by atoms with Gasteiger partial charge in [-0.2, -0.15) is 0 Å². The maximum Gasteiger partial charge on any atom is 0.260 e. The van der Waals surface area contributed by atoms with Crippen LogP contribution < -0.4 is 25.9 Å². The van der Waals surface area contributed by atoms with E-state index in [9.17, 15) is 0 Å². The molecule has 3 nitrogen and oxygen atoms in total. The molecule has 1 aromatic heterocycles. The predicted molar refractivity (Wildman–Crippen MR) is 244 cm³/mol. The second kappa shape index (κ2) is 12.2. The Balaban J connectivity index is 1.17. The first-order valence-electron chi connectivity index (χ1n) is 20.4. The van der Waals surface area contributed by atoms with Crippen molar-refractivity contribution in [3.63, 3.8) is 0 Å². The van der Waals surface area contributed by atoms with Crippen molar-refractivity contribution < 1.29 is 9.47 Å². The Kier molecular flexibility index (Phi) is 6.74. The number of fused-ring (bicyclic) bond motifs is 15. The molecule has 3 heterocycles. The zero-order chi connectivity index (χ0) is 38.8. The molecule has 9 aromatic carbocycles. The summed E-state index contributed by atoms with van der Waals surface area (Å²) < 4.78 is 16.3. The summed E-state index contributed by atoms with van der Waals surface area (Å²) in [6.45, 7) is 2.18. The van der Waals surface area contributed by atoms with Crippen molar-refractivity contribution in [2.45, 2.75) is 6.92 Å². The van der Waals surface area contributed by atoms with Gasteiger partial charge in [-0.1, -0.05) is 139 Å². The fraction of sp³-hybridized carbons (Fsp3) is 0.0182. The molecule has 1 aliphatic carbocycles. The lowest BCUT2D eigenvalue weighted by molar-refractivity contribution is 0.465. The Morgan fingerprint density at radius 1 is 0.373 bits per heavy atom. The molecule has 0 amide bonds. The van der Waals surface area contributed by atoms with E-state index in [1.807, 2.05) is 0 Å². The molecule has 0 bridgehead atoms. The quantitative estimate of drug-likeness (QED) is 0.164. The summed E-state index contributed by atoms with van der Waals surface area (Å²) in [6, 6.07) is 68.5. The van der Waals surface area contributed by atoms with E-state index >= 15 is 0 Å². The molecule has 0 atom stereocenters. The Morgan fingerprint density at radius 2 is 0.847 bits per heavy atom. The smallest absolute Gasteiger partial charge is 0.260 e. The molecule has 3 aliphatic rings. The topological polar surface area (TPSA) is 23.4 Å². The van der Waals surface area contributed by atoms with Gasteiger partial charge in [0, 0.05) is 21.8 Å². The van der Waals surface area contributed by atoms with Crippen LogP contribution in [0.5, 0.6) is 23.0 Å². The Labute approximate surface area is 342 Å². The summed E-state index contributed by atoms with van der Waals surface area (Å²) in [5, 5.41) is 2.47. The van der Waals surface area contributed by atoms with E-state index in [2.05, 4.69) is 200 Å². The highest BCUT2D eigenvalue weighted by Gasteiger charge is 2.40. The fourth-order valence-electron chi connectivity index (χ4n) is 10.2. The minimum absolute atomic E-state index is 0.00300. The van der Waals surface area contributed by atoms with Crippen LogP contribution in [0.1, 0.15) is 5.56 Å². The molecule has 4 heteroatoms. The van der Waals surface area contributed by atoms with Gasteiger partial charge in [0.2, 0.25) is 0 Å². The summed E-state index contributed by atoms with van der Waals surface area (Å²) in [6.07, 6.45) is 0. The molecule has 10 aromatic rings. The van der Waals surface area contributed by atoms with Crippen LogP contribution in [0.15, 0.2) is 188 Å². The first kappa shape index (κ1) is 32.5. The van der Waals surface area contributed by atoms with Crippen molar-refractivity contribution in [3.05, 3.63) is 194 Å². The van der Waals surface area contributed by atoms with E-state index in [-0.39, 0.29) is 6.71 Å². The average molecular weight is 752 g/mol. The van der Waals surface area contributed by atoms with Gasteiger partial charge in [0.1, 0.15) is 23.0 Å². The summed E-state index contributed by atoms with van der Waals surface area (Å²) in [5.41, 5.74) is 19.8. The van der Waals surface area contributed by atoms with Crippen molar-refractivity contribution in [1.29, 1.82) is 0 Å². The molecule has 0 unspecified atom stereocenters. The zero-order valence-corrected chi connectivity index (χ0v) is 32.2. The van der Waals surface area contributed by atoms with Crippen LogP contribution in [0.2, 0.25) is 0 Å². The van der Waals surface area contributed by atoms with E-state index < -0.39 is 0 Å². The largest absolute Gasteiger partial charge is 0.458 e. The molecule has 0 saturated carbocycles. The molecule has 59 heavy (non-hydrogen) atoms. The van der Waals surface area contributed by atoms with Crippen molar-refractivity contribution in [1.82, 2.24) is 4.57 Å². The maximum absolute atomic E-state index is 6.89. The van der Waals surface area contributed by atoms with Crippen molar-refractivity contribution in [2.75, 3.05) is 0 Å². The van der Waals surface area contributed by atoms with Crippen LogP contribution in [0.3, 0.4) is 0 Å². The summed E-state index contributed by atoms with van der Waals surface area (Å²) in [7, 11) is 0. The molecule has 0 fully saturated rings. The van der Waals surface area contributed by atoms with Crippen LogP contribution in [0.25, 0.3) is 83.1 Å². The van der Waals surface area contributed by atoms with Crippen LogP contribution >= 0.6 is 0 Å². The molecule has 2 aliphatic heterocycles. The van der Waals surface area contributed by atoms with E-state index in [0.717, 1.165) is 67.2 Å². The number of aromatic nitrogens is 1. The first-order valence-corrected chi connectivity index (χ1v) is 20.4. The van der Waals surface area contributed by atoms with E-state index in [1.54, 1.807) is 0 Å². The van der Waals surface area contributed by atoms with Gasteiger partial charge in [-0.15, -0.1) is 0 Å². The minimum atomic E-state index is 0.00300. The SMILES string of the molecule is Cc1ccc2c(c1)c1ccccc1n2-c1cc2c(cc1-c1cc3c4c(c1)Oc1ccccc1B4c1ccccc1O3)-c1ccccc1-c1ccccc1-c1ccccc1-2. The van der Waals surface area contributed by atoms with E-state index in [1.165, 1.54) is 60.8 Å². The van der Waals surface area contributed by atoms with Gasteiger partial charge in [-0.05, 0) is 123 Å². The van der Waals surface area contributed by atoms with Gasteiger partial charge >= 0.3 is 0 Å². The fourth-order valence-corrected chi connectivity index (χ4v) is 10.2. The normalized spacial score (nSPS) is 12.7. The molecule has 0 saturated heterocycles. The standard InChI is InChI=1S/C55H34BNO2/c1-33-26-27-49-45(28-33)41-20-8-11-23-48(41)57(49)50-32-44-40-19-7-5-17-38(40)36-15-3-2-14-35(36)37-16-4-6-18-39(37)43(44)31-42(50)34-29-53-55-54(30-34)59-52-25-13-10-22-47(52)56(55)46-21-9-12-24-51(46)58-53/h2-32H,1H3. The molecular formula is C55H34BNO2. The highest BCUT2D eigenvalue weighted by molar-refractivity contribution is 6.98. The summed E-state index contributed by atoms with van der Waals surface area (Å²) in [5.74, 6) is 3.41. The lowest BCUT2D eigenvalue weighted by atomic mass is 9.35. The van der Waals surface area contributed by atoms with Gasteiger partial charge in [0.05, 0.1) is 16.7 Å². The molecule has 0 spiro atoms. The number of rotatable bonds is 2. The lowest BCUT2D eigenvalue weighted by Crippen LogP contribution is -2.57. The van der Waals surface area contributed by atoms with Crippen LogP contribution in [-0.4, -0.2) is 11.3 Å². The third-order valence-electron chi connectivity index (χ3n) is 12.8. The number of para-hydroxylation sites is 3. The highest BCUT2D eigenvalue weighted by atomic mass is 16.5. The van der Waals surface area contributed by atoms with Gasteiger partial charge < -0.3 is 14.0 Å². The molecule has 13 rings (SSSR count). The first-order chi connectivity index (χ1) is 29.2. The Bertz CT molecular complexity index is 3360. The third kappa shape index (κ3) is 4.66. The summed E-state index contributed by atoms with van der Waals surface area (Å²) in [4.78, 5) is 0. The highest BCUT2D eigenvalue weighted by Crippen LogP contribution is 2.51. The number of hydrogen-bond acceptors (Lipinski definition) is 2. The average Bonchev–Trinajstić information content (AvgIpc) is 3.61. The Hall–Kier alpha value is -7.56. The number of nitrogens with zero attached hydrogens (tertiary/aromatic N) is 1. The predicted octanol–water partition coefficient (Wildman–Crippen LogP) is 12.5. The number of aryl methyl sites for hydroxylation is 1. The molecule has 0 radical (unpaired) electrons. The van der Waals surface area contributed by atoms with Gasteiger partial charge in [0.15, 0.2) is 0 Å². The van der Waals surface area contributed by atoms with Crippen LogP contribution in [0, 0.1) is 6.92 Å². The maximum atomic E-state index is 6.89. The monoisotopic (exact) mass is 751 g/mol.